The van der Waals surface area contributed by atoms with E-state index >= 15 is 0 Å². The molecule has 2 aromatic rings. The summed E-state index contributed by atoms with van der Waals surface area (Å²) in [6, 6.07) is 0. The molecule has 0 saturated carbocycles. The van der Waals surface area contributed by atoms with Crippen molar-refractivity contribution in [3.8, 4) is 0 Å². The van der Waals surface area contributed by atoms with Gasteiger partial charge in [-0.15, -0.1) is 5.10 Å². The Kier molecular flexibility index (Phi) is 2.21. The lowest BCUT2D eigenvalue weighted by Crippen LogP contribution is -2.32. The number of nitrogens with zero attached hydrogens (tertiary/aromatic N) is 4. The Morgan fingerprint density at radius 3 is 2.84 bits per heavy atom. The van der Waals surface area contributed by atoms with E-state index in [1.165, 1.54) is 12.3 Å². The summed E-state index contributed by atoms with van der Waals surface area (Å²) < 4.78 is 38.5. The highest BCUT2D eigenvalue weighted by molar-refractivity contribution is 5.97. The molecule has 7 nitrogen and oxygen atoms in total. The van der Waals surface area contributed by atoms with Gasteiger partial charge in [0.15, 0.2) is 0 Å². The van der Waals surface area contributed by atoms with Crippen LogP contribution >= 0.6 is 0 Å². The van der Waals surface area contributed by atoms with Crippen molar-refractivity contribution in [1.82, 2.24) is 30.4 Å². The average Bonchev–Trinajstić information content (AvgIpc) is 2.70. The molecule has 0 radical (unpaired) electrons. The number of carbonyl (C=O) groups is 1. The lowest BCUT2D eigenvalue weighted by Gasteiger charge is -2.03. The second-order valence-corrected chi connectivity index (χ2v) is 3.63. The number of hydrogen-bond acceptors (Lipinski definition) is 5. The highest BCUT2D eigenvalue weighted by Crippen LogP contribution is 2.26. The first-order chi connectivity index (χ1) is 8.97. The Labute approximate surface area is 103 Å². The monoisotopic (exact) mass is 270 g/mol. The third-order valence-corrected chi connectivity index (χ3v) is 2.41. The molecule has 98 valence electrons. The molecule has 0 atom stereocenters. The molecule has 0 saturated heterocycles. The minimum Gasteiger partial charge on any atom is -0.306 e. The van der Waals surface area contributed by atoms with Crippen molar-refractivity contribution in [2.45, 2.75) is 6.18 Å². The lowest BCUT2D eigenvalue weighted by molar-refractivity contribution is -0.144. The summed E-state index contributed by atoms with van der Waals surface area (Å²) in [6.45, 7) is 0. The number of nitrogens with one attached hydrogen (secondary N) is 2. The predicted octanol–water partition coefficient (Wildman–Crippen LogP) is 0.362. The number of halogens is 3. The Morgan fingerprint density at radius 2 is 2.11 bits per heavy atom. The van der Waals surface area contributed by atoms with Crippen LogP contribution in [0.1, 0.15) is 21.9 Å². The van der Waals surface area contributed by atoms with Crippen molar-refractivity contribution in [2.75, 3.05) is 0 Å². The first-order valence-electron chi connectivity index (χ1n) is 5.02. The number of rotatable bonds is 0. The second-order valence-electron chi connectivity index (χ2n) is 3.63. The number of aromatic nitrogens is 4. The molecule has 0 aromatic carbocycles. The fraction of sp³-hybridized carbons (Fsp3) is 0.111. The van der Waals surface area contributed by atoms with Gasteiger partial charge in [0.2, 0.25) is 0 Å². The molecule has 1 aliphatic heterocycles. The maximum atomic E-state index is 12.5. The Balaban J connectivity index is 2.29. The van der Waals surface area contributed by atoms with E-state index in [0.717, 1.165) is 10.7 Å². The van der Waals surface area contributed by atoms with Crippen LogP contribution in [0.3, 0.4) is 0 Å². The summed E-state index contributed by atoms with van der Waals surface area (Å²) in [6.07, 6.45) is -0.767. The molecule has 3 rings (SSSR count). The molecule has 1 amide bonds. The van der Waals surface area contributed by atoms with Gasteiger partial charge >= 0.3 is 6.18 Å². The quantitative estimate of drug-likeness (QED) is 0.722. The van der Waals surface area contributed by atoms with Gasteiger partial charge in [-0.2, -0.15) is 22.7 Å². The standard InChI is InChI=1S/C9H5F3N6O/c10-9(11,12)7-15-8-13-3-4-5(18(8)17-7)1-2-14-16-6(4)19/h1-3,14H,(H,16,19). The largest absolute Gasteiger partial charge is 0.453 e. The highest BCUT2D eigenvalue weighted by Gasteiger charge is 2.37. The van der Waals surface area contributed by atoms with E-state index in [4.69, 9.17) is 0 Å². The van der Waals surface area contributed by atoms with E-state index in [1.54, 1.807) is 0 Å². The van der Waals surface area contributed by atoms with Gasteiger partial charge in [0, 0.05) is 12.4 Å². The van der Waals surface area contributed by atoms with Crippen LogP contribution in [0.2, 0.25) is 0 Å². The first-order valence-corrected chi connectivity index (χ1v) is 5.02. The van der Waals surface area contributed by atoms with Gasteiger partial charge in [0.25, 0.3) is 17.5 Å². The molecule has 2 aromatic heterocycles. The third kappa shape index (κ3) is 1.77. The topological polar surface area (TPSA) is 84.2 Å². The van der Waals surface area contributed by atoms with E-state index in [9.17, 15) is 18.0 Å². The van der Waals surface area contributed by atoms with Crippen molar-refractivity contribution < 1.29 is 18.0 Å². The van der Waals surface area contributed by atoms with Crippen molar-refractivity contribution in [3.05, 3.63) is 29.5 Å². The average molecular weight is 270 g/mol. The van der Waals surface area contributed by atoms with E-state index in [1.807, 2.05) is 0 Å². The number of carbonyl (C=O) groups excluding carboxylic acids is 1. The van der Waals surface area contributed by atoms with E-state index in [-0.39, 0.29) is 17.0 Å². The molecule has 0 unspecified atom stereocenters. The van der Waals surface area contributed by atoms with Crippen LogP contribution in [0.15, 0.2) is 12.4 Å². The van der Waals surface area contributed by atoms with Crippen LogP contribution in [0.25, 0.3) is 11.9 Å². The summed E-state index contributed by atoms with van der Waals surface area (Å²) in [7, 11) is 0. The van der Waals surface area contributed by atoms with E-state index < -0.39 is 17.9 Å². The zero-order chi connectivity index (χ0) is 13.6. The Morgan fingerprint density at radius 1 is 1.32 bits per heavy atom. The maximum Gasteiger partial charge on any atom is 0.453 e. The zero-order valence-corrected chi connectivity index (χ0v) is 9.06. The number of alkyl halides is 3. The van der Waals surface area contributed by atoms with Gasteiger partial charge in [0.1, 0.15) is 0 Å². The molecule has 0 spiro atoms. The molecule has 10 heteroatoms. The Bertz CT molecular complexity index is 704. The predicted molar refractivity (Wildman–Crippen MR) is 55.4 cm³/mol. The SMILES string of the molecule is O=C1NNC=Cc2c1cnc1nc(C(F)(F)F)nn21. The fourth-order valence-electron chi connectivity index (χ4n) is 1.60. The summed E-state index contributed by atoms with van der Waals surface area (Å²) >= 11 is 0. The fourth-order valence-corrected chi connectivity index (χ4v) is 1.60. The van der Waals surface area contributed by atoms with Crippen molar-refractivity contribution in [3.63, 3.8) is 0 Å². The normalized spacial score (nSPS) is 14.8. The van der Waals surface area contributed by atoms with Crippen molar-refractivity contribution in [1.29, 1.82) is 0 Å². The number of hydrogen-bond donors (Lipinski definition) is 2. The number of amides is 1. The van der Waals surface area contributed by atoms with Crippen LogP contribution in [0.5, 0.6) is 0 Å². The molecule has 1 aliphatic rings. The lowest BCUT2D eigenvalue weighted by atomic mass is 10.2. The first kappa shape index (κ1) is 11.4. The molecule has 0 bridgehead atoms. The molecule has 0 fully saturated rings. The van der Waals surface area contributed by atoms with E-state index in [0.29, 0.717) is 0 Å². The van der Waals surface area contributed by atoms with Gasteiger partial charge in [0.05, 0.1) is 11.3 Å². The van der Waals surface area contributed by atoms with E-state index in [2.05, 4.69) is 25.9 Å². The van der Waals surface area contributed by atoms with Crippen LogP contribution in [0, 0.1) is 0 Å². The highest BCUT2D eigenvalue weighted by atomic mass is 19.4. The second kappa shape index (κ2) is 3.67. The molecule has 0 aliphatic carbocycles. The number of fused-ring (bicyclic) bond motifs is 3. The summed E-state index contributed by atoms with van der Waals surface area (Å²) in [5, 5.41) is 3.33. The summed E-state index contributed by atoms with van der Waals surface area (Å²) in [5.74, 6) is -2.07. The summed E-state index contributed by atoms with van der Waals surface area (Å²) in [5.41, 5.74) is 5.01. The minimum absolute atomic E-state index is 0.0902. The zero-order valence-electron chi connectivity index (χ0n) is 9.06. The van der Waals surface area contributed by atoms with Gasteiger partial charge in [-0.3, -0.25) is 10.2 Å². The van der Waals surface area contributed by atoms with Crippen LogP contribution in [0.4, 0.5) is 13.2 Å². The molecular weight excluding hydrogens is 265 g/mol. The summed E-state index contributed by atoms with van der Waals surface area (Å²) in [4.78, 5) is 18.6. The maximum absolute atomic E-state index is 12.5. The molecule has 3 heterocycles. The van der Waals surface area contributed by atoms with Gasteiger partial charge in [-0.05, 0) is 6.08 Å². The molecule has 19 heavy (non-hydrogen) atoms. The van der Waals surface area contributed by atoms with Crippen LogP contribution in [-0.2, 0) is 6.18 Å². The van der Waals surface area contributed by atoms with Crippen LogP contribution in [-0.4, -0.2) is 25.5 Å². The van der Waals surface area contributed by atoms with Gasteiger partial charge in [-0.25, -0.2) is 4.98 Å². The minimum atomic E-state index is -4.67. The van der Waals surface area contributed by atoms with Crippen molar-refractivity contribution in [2.24, 2.45) is 0 Å². The van der Waals surface area contributed by atoms with Crippen LogP contribution < -0.4 is 10.9 Å². The van der Waals surface area contributed by atoms with Gasteiger partial charge in [-0.1, -0.05) is 0 Å². The Hall–Kier alpha value is -2.65. The number of hydrazine groups is 1. The molecular formula is C9H5F3N6O. The molecule has 2 N–H and O–H groups in total. The third-order valence-electron chi connectivity index (χ3n) is 2.41. The smallest absolute Gasteiger partial charge is 0.306 e. The van der Waals surface area contributed by atoms with Gasteiger partial charge < -0.3 is 5.43 Å². The van der Waals surface area contributed by atoms with Crippen molar-refractivity contribution >= 4 is 17.8 Å².